The largest absolute Gasteiger partial charge is 0.450 e. The number of rotatable bonds is 8. The van der Waals surface area contributed by atoms with E-state index in [9.17, 15) is 14.4 Å². The van der Waals surface area contributed by atoms with E-state index in [1.54, 1.807) is 56.4 Å². The van der Waals surface area contributed by atoms with Crippen LogP contribution in [0.15, 0.2) is 42.5 Å². The molecule has 0 radical (unpaired) electrons. The van der Waals surface area contributed by atoms with Gasteiger partial charge in [-0.1, -0.05) is 18.2 Å². The Morgan fingerprint density at radius 1 is 1.00 bits per heavy atom. The number of alkyl carbamates (subject to hydrolysis) is 1. The van der Waals surface area contributed by atoms with E-state index in [0.29, 0.717) is 29.8 Å². The quantitative estimate of drug-likeness (QED) is 0.518. The van der Waals surface area contributed by atoms with Gasteiger partial charge in [0.15, 0.2) is 11.5 Å². The third kappa shape index (κ3) is 6.53. The predicted molar refractivity (Wildman–Crippen MR) is 107 cm³/mol. The molecule has 0 fully saturated rings. The fourth-order valence-electron chi connectivity index (χ4n) is 2.57. The van der Waals surface area contributed by atoms with Crippen LogP contribution in [0.5, 0.6) is 11.5 Å². The zero-order valence-corrected chi connectivity index (χ0v) is 16.6. The molecule has 8 nitrogen and oxygen atoms in total. The van der Waals surface area contributed by atoms with Crippen molar-refractivity contribution >= 4 is 23.7 Å². The molecule has 0 unspecified atom stereocenters. The Bertz CT molecular complexity index is 867. The molecule has 29 heavy (non-hydrogen) atoms. The summed E-state index contributed by atoms with van der Waals surface area (Å²) in [7, 11) is 1.63. The summed E-state index contributed by atoms with van der Waals surface area (Å²) in [5.74, 6) is -0.614. The molecule has 0 atom stereocenters. The van der Waals surface area contributed by atoms with Crippen LogP contribution in [0.3, 0.4) is 0 Å². The van der Waals surface area contributed by atoms with Crippen molar-refractivity contribution in [3.05, 3.63) is 53.6 Å². The fraction of sp³-hybridized carbons (Fsp3) is 0.286. The minimum Gasteiger partial charge on any atom is -0.450 e. The van der Waals surface area contributed by atoms with E-state index in [1.807, 2.05) is 0 Å². The monoisotopic (exact) mass is 400 g/mol. The normalized spacial score (nSPS) is 10.0. The van der Waals surface area contributed by atoms with Gasteiger partial charge in [0.1, 0.15) is 5.69 Å². The molecule has 0 aliphatic rings. The molecule has 0 aliphatic heterocycles. The Morgan fingerprint density at radius 3 is 2.24 bits per heavy atom. The van der Waals surface area contributed by atoms with Crippen molar-refractivity contribution in [2.24, 2.45) is 0 Å². The van der Waals surface area contributed by atoms with Gasteiger partial charge in [-0.05, 0) is 43.2 Å². The highest BCUT2D eigenvalue weighted by Gasteiger charge is 2.18. The highest BCUT2D eigenvalue weighted by molar-refractivity contribution is 5.92. The topological polar surface area (TPSA) is 103 Å². The Labute approximate surface area is 169 Å². The van der Waals surface area contributed by atoms with Gasteiger partial charge in [0.25, 0.3) is 0 Å². The molecule has 0 saturated carbocycles. The minimum absolute atomic E-state index is 0.214. The minimum atomic E-state index is -0.544. The summed E-state index contributed by atoms with van der Waals surface area (Å²) in [5, 5.41) is 5.52. The maximum Gasteiger partial charge on any atom is 0.407 e. The molecule has 1 amide bonds. The zero-order chi connectivity index (χ0) is 21.2. The second-order valence-electron chi connectivity index (χ2n) is 5.96. The first-order chi connectivity index (χ1) is 13.9. The molecule has 8 heteroatoms. The van der Waals surface area contributed by atoms with Crippen molar-refractivity contribution in [1.29, 1.82) is 0 Å². The number of carbonyl (C=O) groups is 3. The van der Waals surface area contributed by atoms with Crippen molar-refractivity contribution in [3.8, 4) is 11.5 Å². The van der Waals surface area contributed by atoms with Crippen molar-refractivity contribution in [2.75, 3.05) is 25.5 Å². The first kappa shape index (κ1) is 21.7. The fourth-order valence-corrected chi connectivity index (χ4v) is 2.57. The second-order valence-corrected chi connectivity index (χ2v) is 5.96. The molecule has 0 spiro atoms. The molecule has 2 rings (SSSR count). The maximum absolute atomic E-state index is 12.5. The number of anilines is 1. The average molecular weight is 400 g/mol. The molecule has 154 valence electrons. The molecule has 0 saturated heterocycles. The number of amides is 1. The number of hydrogen-bond acceptors (Lipinski definition) is 7. The summed E-state index contributed by atoms with van der Waals surface area (Å²) >= 11 is 0. The van der Waals surface area contributed by atoms with Crippen LogP contribution in [0.4, 0.5) is 10.5 Å². The molecule has 0 bridgehead atoms. The zero-order valence-electron chi connectivity index (χ0n) is 16.6. The van der Waals surface area contributed by atoms with E-state index in [0.717, 1.165) is 0 Å². The van der Waals surface area contributed by atoms with Crippen LogP contribution in [0, 0.1) is 0 Å². The van der Waals surface area contributed by atoms with Crippen molar-refractivity contribution in [3.63, 3.8) is 0 Å². The summed E-state index contributed by atoms with van der Waals surface area (Å²) in [6.07, 6.45) is -0.109. The van der Waals surface area contributed by atoms with Crippen LogP contribution in [0.25, 0.3) is 0 Å². The molecular weight excluding hydrogens is 376 g/mol. The second kappa shape index (κ2) is 10.7. The lowest BCUT2D eigenvalue weighted by molar-refractivity contribution is -0.131. The first-order valence-electron chi connectivity index (χ1n) is 9.15. The van der Waals surface area contributed by atoms with Crippen molar-refractivity contribution < 1.29 is 28.6 Å². The molecule has 0 aromatic heterocycles. The highest BCUT2D eigenvalue weighted by atomic mass is 16.6. The average Bonchev–Trinajstić information content (AvgIpc) is 2.68. The van der Waals surface area contributed by atoms with Crippen molar-refractivity contribution in [1.82, 2.24) is 5.32 Å². The molecule has 2 N–H and O–H groups in total. The standard InChI is InChI=1S/C21H24N2O6/c1-4-27-21(26)23-11-10-15-12-17(28-14(2)24)19(22-3)18(13-15)29-20(25)16-8-6-5-7-9-16/h5-9,12-13,22H,4,10-11H2,1-3H3,(H,23,26). The Kier molecular flexibility index (Phi) is 8.02. The lowest BCUT2D eigenvalue weighted by Crippen LogP contribution is -2.26. The lowest BCUT2D eigenvalue weighted by atomic mass is 10.1. The van der Waals surface area contributed by atoms with Crippen LogP contribution in [0.2, 0.25) is 0 Å². The van der Waals surface area contributed by atoms with Gasteiger partial charge >= 0.3 is 18.0 Å². The van der Waals surface area contributed by atoms with Gasteiger partial charge in [-0.25, -0.2) is 9.59 Å². The first-order valence-corrected chi connectivity index (χ1v) is 9.15. The van der Waals surface area contributed by atoms with E-state index < -0.39 is 18.0 Å². The third-order valence-corrected chi connectivity index (χ3v) is 3.80. The van der Waals surface area contributed by atoms with E-state index in [2.05, 4.69) is 10.6 Å². The van der Waals surface area contributed by atoms with Crippen LogP contribution in [-0.2, 0) is 16.0 Å². The number of carbonyl (C=O) groups excluding carboxylic acids is 3. The summed E-state index contributed by atoms with van der Waals surface area (Å²) < 4.78 is 15.6. The van der Waals surface area contributed by atoms with Crippen LogP contribution in [0.1, 0.15) is 29.8 Å². The maximum atomic E-state index is 12.5. The van der Waals surface area contributed by atoms with Gasteiger partial charge < -0.3 is 24.8 Å². The van der Waals surface area contributed by atoms with Crippen LogP contribution >= 0.6 is 0 Å². The smallest absolute Gasteiger partial charge is 0.407 e. The molecular formula is C21H24N2O6. The predicted octanol–water partition coefficient (Wildman–Crippen LogP) is 3.16. The van der Waals surface area contributed by atoms with Gasteiger partial charge in [0.2, 0.25) is 0 Å². The molecule has 2 aromatic carbocycles. The van der Waals surface area contributed by atoms with E-state index in [1.165, 1.54) is 6.92 Å². The van der Waals surface area contributed by atoms with Gasteiger partial charge in [-0.15, -0.1) is 0 Å². The SMILES string of the molecule is CCOC(=O)NCCc1cc(OC(C)=O)c(NC)c(OC(=O)c2ccccc2)c1. The molecule has 0 heterocycles. The van der Waals surface area contributed by atoms with Gasteiger partial charge in [-0.2, -0.15) is 0 Å². The van der Waals surface area contributed by atoms with Crippen molar-refractivity contribution in [2.45, 2.75) is 20.3 Å². The Morgan fingerprint density at radius 2 is 1.66 bits per heavy atom. The van der Waals surface area contributed by atoms with Crippen LogP contribution < -0.4 is 20.1 Å². The molecule has 0 aliphatic carbocycles. The van der Waals surface area contributed by atoms with Gasteiger partial charge in [0, 0.05) is 20.5 Å². The summed E-state index contributed by atoms with van der Waals surface area (Å²) in [4.78, 5) is 35.4. The highest BCUT2D eigenvalue weighted by Crippen LogP contribution is 2.37. The number of nitrogens with one attached hydrogen (secondary N) is 2. The van der Waals surface area contributed by atoms with Crippen LogP contribution in [-0.4, -0.2) is 38.2 Å². The molecule has 2 aromatic rings. The summed E-state index contributed by atoms with van der Waals surface area (Å²) in [5.41, 5.74) is 1.46. The van der Waals surface area contributed by atoms with E-state index in [4.69, 9.17) is 14.2 Å². The Balaban J connectivity index is 2.27. The summed E-state index contributed by atoms with van der Waals surface area (Å²) in [6, 6.07) is 11.9. The lowest BCUT2D eigenvalue weighted by Gasteiger charge is -2.16. The van der Waals surface area contributed by atoms with Gasteiger partial charge in [0.05, 0.1) is 12.2 Å². The third-order valence-electron chi connectivity index (χ3n) is 3.80. The van der Waals surface area contributed by atoms with Gasteiger partial charge in [-0.3, -0.25) is 4.79 Å². The van der Waals surface area contributed by atoms with E-state index >= 15 is 0 Å². The van der Waals surface area contributed by atoms with E-state index in [-0.39, 0.29) is 18.1 Å². The number of esters is 2. The number of ether oxygens (including phenoxy) is 3. The Hall–Kier alpha value is -3.55. The number of hydrogen-bond donors (Lipinski definition) is 2. The number of benzene rings is 2. The summed E-state index contributed by atoms with van der Waals surface area (Å²) in [6.45, 7) is 3.57.